The van der Waals surface area contributed by atoms with E-state index in [4.69, 9.17) is 0 Å². The Morgan fingerprint density at radius 1 is 0.853 bits per heavy atom. The molecule has 0 amide bonds. The second-order valence-electron chi connectivity index (χ2n) is 15.5. The minimum Gasteiger partial charge on any atom is -0.393 e. The summed E-state index contributed by atoms with van der Waals surface area (Å²) >= 11 is 0. The highest BCUT2D eigenvalue weighted by Crippen LogP contribution is 2.76. The van der Waals surface area contributed by atoms with Crippen LogP contribution in [0, 0.1) is 56.2 Å². The minimum absolute atomic E-state index is 0.0140. The second-order valence-corrected chi connectivity index (χ2v) is 15.5. The Kier molecular flexibility index (Phi) is 4.46. The van der Waals surface area contributed by atoms with Gasteiger partial charge in [-0.3, -0.25) is 9.59 Å². The monoisotopic (exact) mass is 466 g/mol. The molecule has 6 rings (SSSR count). The quantitative estimate of drug-likeness (QED) is 0.442. The maximum atomic E-state index is 14.3. The van der Waals surface area contributed by atoms with Crippen molar-refractivity contribution < 1.29 is 14.7 Å². The lowest BCUT2D eigenvalue weighted by atomic mass is 9.33. The van der Waals surface area contributed by atoms with Gasteiger partial charge in [-0.05, 0) is 102 Å². The van der Waals surface area contributed by atoms with Gasteiger partial charge in [-0.2, -0.15) is 0 Å². The average Bonchev–Trinajstić information content (AvgIpc) is 3.00. The number of ketones is 2. The molecule has 5 saturated carbocycles. The van der Waals surface area contributed by atoms with Gasteiger partial charge in [0.2, 0.25) is 0 Å². The van der Waals surface area contributed by atoms with E-state index in [1.54, 1.807) is 0 Å². The van der Waals surface area contributed by atoms with E-state index in [1.165, 1.54) is 12.0 Å². The molecule has 3 nitrogen and oxygen atoms in total. The van der Waals surface area contributed by atoms with E-state index >= 15 is 0 Å². The van der Waals surface area contributed by atoms with Crippen molar-refractivity contribution in [3.05, 3.63) is 11.6 Å². The highest BCUT2D eigenvalue weighted by Gasteiger charge is 2.71. The highest BCUT2D eigenvalue weighted by atomic mass is 16.3. The molecule has 0 aromatic rings. The Balaban J connectivity index is 1.48. The molecule has 0 spiro atoms. The molecular weight excluding hydrogens is 420 g/mol. The van der Waals surface area contributed by atoms with Crippen molar-refractivity contribution in [2.75, 3.05) is 0 Å². The van der Waals surface area contributed by atoms with Crippen LogP contribution >= 0.6 is 0 Å². The summed E-state index contributed by atoms with van der Waals surface area (Å²) in [4.78, 5) is 27.3. The molecule has 0 saturated heterocycles. The number of aliphatic hydroxyl groups excluding tert-OH is 1. The van der Waals surface area contributed by atoms with Gasteiger partial charge >= 0.3 is 0 Å². The van der Waals surface area contributed by atoms with Gasteiger partial charge in [-0.1, -0.05) is 54.0 Å². The molecule has 0 aromatic carbocycles. The zero-order valence-corrected chi connectivity index (χ0v) is 22.6. The molecule has 0 aliphatic heterocycles. The first kappa shape index (κ1) is 23.4. The van der Waals surface area contributed by atoms with Crippen LogP contribution < -0.4 is 0 Å². The summed E-state index contributed by atoms with van der Waals surface area (Å²) in [6.45, 7) is 16.5. The summed E-state index contributed by atoms with van der Waals surface area (Å²) in [5.41, 5.74) is 1.11. The molecular formula is C31H46O3. The summed E-state index contributed by atoms with van der Waals surface area (Å²) in [6.07, 6.45) is 10.8. The smallest absolute Gasteiger partial charge is 0.159 e. The number of Topliss-reactive ketones (excluding diaryl/α,β-unsaturated/α-hetero) is 1. The SMILES string of the molecule is CC1(C)[C@@H](O)CC[C@]2(C)[C@H]3C(=O)C=C4[C@@H]5C[C@]6(C)CC(CC6=O)[C@]5(C)CC[C@@]4(C)[C@]3(C)CC[C@@H]12. The third kappa shape index (κ3) is 2.44. The zero-order valence-electron chi connectivity index (χ0n) is 22.6. The maximum absolute atomic E-state index is 14.3. The number of fused-ring (bicyclic) bond motifs is 10. The van der Waals surface area contributed by atoms with E-state index in [0.29, 0.717) is 29.3 Å². The van der Waals surface area contributed by atoms with Crippen molar-refractivity contribution in [3.63, 3.8) is 0 Å². The van der Waals surface area contributed by atoms with Crippen molar-refractivity contribution in [2.24, 2.45) is 56.2 Å². The van der Waals surface area contributed by atoms with Crippen LogP contribution in [0.5, 0.6) is 0 Å². The molecule has 0 radical (unpaired) electrons. The Labute approximate surface area is 206 Å². The van der Waals surface area contributed by atoms with Crippen molar-refractivity contribution in [1.29, 1.82) is 0 Å². The van der Waals surface area contributed by atoms with Gasteiger partial charge in [-0.25, -0.2) is 0 Å². The lowest BCUT2D eigenvalue weighted by Crippen LogP contribution is -2.66. The number of allylic oxidation sites excluding steroid dienone is 2. The molecule has 5 fully saturated rings. The molecule has 1 N–H and O–H groups in total. The topological polar surface area (TPSA) is 54.4 Å². The van der Waals surface area contributed by atoms with Gasteiger partial charge in [0.05, 0.1) is 6.10 Å². The minimum atomic E-state index is -0.276. The molecule has 1 unspecified atom stereocenters. The van der Waals surface area contributed by atoms with Crippen LogP contribution in [0.1, 0.15) is 106 Å². The van der Waals surface area contributed by atoms with Crippen molar-refractivity contribution in [1.82, 2.24) is 0 Å². The number of carbonyl (C=O) groups excluding carboxylic acids is 2. The van der Waals surface area contributed by atoms with Crippen LogP contribution in [-0.4, -0.2) is 22.8 Å². The van der Waals surface area contributed by atoms with Crippen LogP contribution in [0.3, 0.4) is 0 Å². The number of carbonyl (C=O) groups is 2. The van der Waals surface area contributed by atoms with Crippen LogP contribution in [-0.2, 0) is 9.59 Å². The lowest BCUT2D eigenvalue weighted by molar-refractivity contribution is -0.202. The summed E-state index contributed by atoms with van der Waals surface area (Å²) in [5, 5.41) is 10.9. The third-order valence-corrected chi connectivity index (χ3v) is 14.0. The first-order chi connectivity index (χ1) is 15.6. The predicted molar refractivity (Wildman–Crippen MR) is 134 cm³/mol. The van der Waals surface area contributed by atoms with Gasteiger partial charge in [0.1, 0.15) is 5.78 Å². The van der Waals surface area contributed by atoms with E-state index in [0.717, 1.165) is 51.4 Å². The molecule has 6 aliphatic carbocycles. The first-order valence-corrected chi connectivity index (χ1v) is 14.1. The largest absolute Gasteiger partial charge is 0.393 e. The molecule has 3 heteroatoms. The Morgan fingerprint density at radius 3 is 2.26 bits per heavy atom. The summed E-state index contributed by atoms with van der Waals surface area (Å²) in [6, 6.07) is 0. The van der Waals surface area contributed by atoms with Crippen molar-refractivity contribution in [2.45, 2.75) is 112 Å². The molecule has 188 valence electrons. The maximum Gasteiger partial charge on any atom is 0.159 e. The zero-order chi connectivity index (χ0) is 24.7. The number of rotatable bonds is 0. The van der Waals surface area contributed by atoms with E-state index in [1.807, 2.05) is 0 Å². The predicted octanol–water partition coefficient (Wildman–Crippen LogP) is 6.53. The fourth-order valence-electron chi connectivity index (χ4n) is 11.5. The van der Waals surface area contributed by atoms with Crippen LogP contribution in [0.25, 0.3) is 0 Å². The first-order valence-electron chi connectivity index (χ1n) is 14.1. The normalized spacial score (nSPS) is 57.8. The highest BCUT2D eigenvalue weighted by molar-refractivity contribution is 5.96. The number of hydrogen-bond donors (Lipinski definition) is 1. The van der Waals surface area contributed by atoms with E-state index < -0.39 is 0 Å². The van der Waals surface area contributed by atoms with Crippen molar-refractivity contribution >= 4 is 11.6 Å². The molecule has 2 bridgehead atoms. The van der Waals surface area contributed by atoms with E-state index in [9.17, 15) is 14.7 Å². The van der Waals surface area contributed by atoms with E-state index in [-0.39, 0.29) is 44.5 Å². The van der Waals surface area contributed by atoms with Gasteiger partial charge < -0.3 is 5.11 Å². The van der Waals surface area contributed by atoms with E-state index in [2.05, 4.69) is 54.5 Å². The standard InChI is InChI=1S/C31H46O3/c1-26(2)22-8-11-31(7)25(29(22,5)10-9-23(26)33)21(32)15-19-20-17-27(3)16-18(14-24(27)34)28(20,4)12-13-30(19,31)6/h15,18,20,22-23,25,33H,8-14,16-17H2,1-7H3/t18?,20-,22-,23-,25+,27-,28-,29-,30+,31+/m0/s1. The van der Waals surface area contributed by atoms with Gasteiger partial charge in [0.15, 0.2) is 5.78 Å². The fraction of sp³-hybridized carbons (Fsp3) is 0.871. The fourth-order valence-corrected chi connectivity index (χ4v) is 11.5. The van der Waals surface area contributed by atoms with Crippen molar-refractivity contribution in [3.8, 4) is 0 Å². The average molecular weight is 467 g/mol. The molecule has 0 aromatic heterocycles. The summed E-state index contributed by atoms with van der Waals surface area (Å²) in [7, 11) is 0. The molecule has 0 heterocycles. The Morgan fingerprint density at radius 2 is 1.56 bits per heavy atom. The van der Waals surface area contributed by atoms with Gasteiger partial charge in [0, 0.05) is 17.8 Å². The lowest BCUT2D eigenvalue weighted by Gasteiger charge is -2.70. The Bertz CT molecular complexity index is 1010. The number of hydrogen-bond acceptors (Lipinski definition) is 3. The van der Waals surface area contributed by atoms with Crippen LogP contribution in [0.4, 0.5) is 0 Å². The molecule has 6 aliphatic rings. The van der Waals surface area contributed by atoms with Gasteiger partial charge in [-0.15, -0.1) is 0 Å². The summed E-state index contributed by atoms with van der Waals surface area (Å²) in [5.74, 6) is 2.06. The van der Waals surface area contributed by atoms with Gasteiger partial charge in [0.25, 0.3) is 0 Å². The third-order valence-electron chi connectivity index (χ3n) is 14.0. The molecule has 34 heavy (non-hydrogen) atoms. The molecule has 10 atom stereocenters. The number of aliphatic hydroxyl groups is 1. The summed E-state index contributed by atoms with van der Waals surface area (Å²) < 4.78 is 0. The van der Waals surface area contributed by atoms with Crippen LogP contribution in [0.15, 0.2) is 11.6 Å². The van der Waals surface area contributed by atoms with Crippen LogP contribution in [0.2, 0.25) is 0 Å². The second kappa shape index (κ2) is 6.48. The Hall–Kier alpha value is -0.960.